The Balaban J connectivity index is 1.66. The van der Waals surface area contributed by atoms with Gasteiger partial charge in [0.2, 0.25) is 0 Å². The lowest BCUT2D eigenvalue weighted by atomic mass is 9.75. The van der Waals surface area contributed by atoms with E-state index in [-0.39, 0.29) is 17.3 Å². The van der Waals surface area contributed by atoms with Gasteiger partial charge in [0.05, 0.1) is 23.9 Å². The van der Waals surface area contributed by atoms with Crippen LogP contribution in [0.4, 0.5) is 0 Å². The molecule has 0 spiro atoms. The summed E-state index contributed by atoms with van der Waals surface area (Å²) < 4.78 is 12.6. The van der Waals surface area contributed by atoms with Crippen LogP contribution in [0.3, 0.4) is 0 Å². The number of ether oxygens (including phenoxy) is 2. The highest BCUT2D eigenvalue weighted by molar-refractivity contribution is 6.30. The van der Waals surface area contributed by atoms with Crippen molar-refractivity contribution in [1.29, 1.82) is 0 Å². The summed E-state index contributed by atoms with van der Waals surface area (Å²) in [6.45, 7) is 7.35. The Bertz CT molecular complexity index is 484. The predicted octanol–water partition coefficient (Wildman–Crippen LogP) is 4.59. The fourth-order valence-electron chi connectivity index (χ4n) is 3.58. The van der Waals surface area contributed by atoms with Crippen molar-refractivity contribution >= 4 is 11.6 Å². The molecule has 3 atom stereocenters. The van der Waals surface area contributed by atoms with Crippen LogP contribution in [-0.4, -0.2) is 17.3 Å². The molecule has 0 amide bonds. The molecule has 2 saturated heterocycles. The first-order valence-corrected chi connectivity index (χ1v) is 7.88. The highest BCUT2D eigenvalue weighted by Crippen LogP contribution is 2.55. The number of hydrogen-bond acceptors (Lipinski definition) is 2. The van der Waals surface area contributed by atoms with Gasteiger partial charge in [0.1, 0.15) is 0 Å². The minimum absolute atomic E-state index is 0.0411. The Kier molecular flexibility index (Phi) is 3.60. The van der Waals surface area contributed by atoms with Gasteiger partial charge in [0, 0.05) is 11.4 Å². The van der Waals surface area contributed by atoms with E-state index >= 15 is 0 Å². The monoisotopic (exact) mass is 294 g/mol. The Morgan fingerprint density at radius 1 is 1.30 bits per heavy atom. The van der Waals surface area contributed by atoms with Gasteiger partial charge in [0.15, 0.2) is 0 Å². The largest absolute Gasteiger partial charge is 0.370 e. The number of hydrogen-bond donors (Lipinski definition) is 0. The molecule has 2 nitrogen and oxygen atoms in total. The van der Waals surface area contributed by atoms with E-state index in [2.05, 4.69) is 20.8 Å². The maximum Gasteiger partial charge on any atom is 0.0924 e. The smallest absolute Gasteiger partial charge is 0.0924 e. The van der Waals surface area contributed by atoms with Crippen LogP contribution in [0, 0.1) is 5.92 Å². The third-order valence-corrected chi connectivity index (χ3v) is 5.36. The van der Waals surface area contributed by atoms with Gasteiger partial charge >= 0.3 is 0 Å². The summed E-state index contributed by atoms with van der Waals surface area (Å²) in [5, 5.41) is 0.766. The van der Waals surface area contributed by atoms with Gasteiger partial charge in [-0.1, -0.05) is 37.6 Å². The van der Waals surface area contributed by atoms with Crippen LogP contribution in [-0.2, 0) is 16.1 Å². The molecule has 3 unspecified atom stereocenters. The summed E-state index contributed by atoms with van der Waals surface area (Å²) >= 11 is 5.90. The number of benzene rings is 1. The average molecular weight is 295 g/mol. The highest BCUT2D eigenvalue weighted by Gasteiger charge is 2.60. The van der Waals surface area contributed by atoms with Crippen molar-refractivity contribution in [2.24, 2.45) is 5.92 Å². The molecule has 1 aromatic carbocycles. The minimum Gasteiger partial charge on any atom is -0.370 e. The van der Waals surface area contributed by atoms with Crippen molar-refractivity contribution in [3.8, 4) is 0 Å². The van der Waals surface area contributed by atoms with E-state index in [0.29, 0.717) is 12.5 Å². The molecule has 2 aliphatic rings. The Hall–Kier alpha value is -0.570. The topological polar surface area (TPSA) is 18.5 Å². The van der Waals surface area contributed by atoms with Crippen LogP contribution in [0.1, 0.15) is 45.6 Å². The van der Waals surface area contributed by atoms with E-state index in [4.69, 9.17) is 21.1 Å². The fraction of sp³-hybridized carbons (Fsp3) is 0.647. The van der Waals surface area contributed by atoms with Crippen LogP contribution in [0.2, 0.25) is 5.02 Å². The molecule has 1 aromatic rings. The van der Waals surface area contributed by atoms with Crippen LogP contribution in [0.5, 0.6) is 0 Å². The third-order valence-electron chi connectivity index (χ3n) is 5.11. The quantitative estimate of drug-likeness (QED) is 0.808. The van der Waals surface area contributed by atoms with Gasteiger partial charge in [-0.15, -0.1) is 0 Å². The van der Waals surface area contributed by atoms with E-state index < -0.39 is 0 Å². The minimum atomic E-state index is -0.101. The second-order valence-corrected chi connectivity index (χ2v) is 7.20. The fourth-order valence-corrected chi connectivity index (χ4v) is 3.71. The lowest BCUT2D eigenvalue weighted by Gasteiger charge is -2.31. The molecule has 3 heteroatoms. The zero-order valence-electron chi connectivity index (χ0n) is 12.5. The lowest BCUT2D eigenvalue weighted by molar-refractivity contribution is -0.0959. The maximum absolute atomic E-state index is 6.38. The first-order chi connectivity index (χ1) is 9.43. The van der Waals surface area contributed by atoms with Gasteiger partial charge in [-0.3, -0.25) is 0 Å². The molecule has 2 heterocycles. The first-order valence-electron chi connectivity index (χ1n) is 7.50. The summed E-state index contributed by atoms with van der Waals surface area (Å²) in [6, 6.07) is 7.87. The summed E-state index contributed by atoms with van der Waals surface area (Å²) in [6.07, 6.45) is 3.50. The average Bonchev–Trinajstić information content (AvgIpc) is 2.90. The normalized spacial score (nSPS) is 36.0. The molecule has 0 radical (unpaired) electrons. The van der Waals surface area contributed by atoms with Crippen molar-refractivity contribution in [2.75, 3.05) is 0 Å². The molecule has 0 aromatic heterocycles. The molecule has 0 N–H and O–H groups in total. The Labute approximate surface area is 126 Å². The van der Waals surface area contributed by atoms with Crippen LogP contribution < -0.4 is 0 Å². The number of fused-ring (bicyclic) bond motifs is 2. The van der Waals surface area contributed by atoms with Crippen molar-refractivity contribution < 1.29 is 9.47 Å². The van der Waals surface area contributed by atoms with E-state index in [0.717, 1.165) is 17.9 Å². The van der Waals surface area contributed by atoms with Crippen molar-refractivity contribution in [2.45, 2.75) is 63.9 Å². The molecule has 2 bridgehead atoms. The molecular formula is C17H23ClO2. The van der Waals surface area contributed by atoms with Crippen molar-refractivity contribution in [3.63, 3.8) is 0 Å². The van der Waals surface area contributed by atoms with E-state index in [1.54, 1.807) is 0 Å². The van der Waals surface area contributed by atoms with E-state index in [1.165, 1.54) is 12.0 Å². The third kappa shape index (κ3) is 2.38. The van der Waals surface area contributed by atoms with Crippen molar-refractivity contribution in [3.05, 3.63) is 34.9 Å². The molecule has 0 saturated carbocycles. The van der Waals surface area contributed by atoms with Crippen LogP contribution in [0.25, 0.3) is 0 Å². The zero-order chi connectivity index (χ0) is 14.4. The summed E-state index contributed by atoms with van der Waals surface area (Å²) in [5.41, 5.74) is 1.11. The number of rotatable bonds is 4. The van der Waals surface area contributed by atoms with Gasteiger partial charge in [0.25, 0.3) is 0 Å². The first kappa shape index (κ1) is 14.4. The number of halogens is 1. The molecule has 110 valence electrons. The summed E-state index contributed by atoms with van der Waals surface area (Å²) in [7, 11) is 0. The Morgan fingerprint density at radius 2 is 2.00 bits per heavy atom. The lowest BCUT2D eigenvalue weighted by Crippen LogP contribution is -2.38. The standard InChI is InChI=1S/C17H23ClO2/c1-12(2)17-9-8-16(3,20-17)15(10-17)19-11-13-4-6-14(18)7-5-13/h4-7,12,15H,8-11H2,1-3H3. The van der Waals surface area contributed by atoms with E-state index in [1.807, 2.05) is 24.3 Å². The van der Waals surface area contributed by atoms with E-state index in [9.17, 15) is 0 Å². The molecule has 2 aliphatic heterocycles. The maximum atomic E-state index is 6.38. The molecule has 20 heavy (non-hydrogen) atoms. The van der Waals surface area contributed by atoms with Crippen LogP contribution in [0.15, 0.2) is 24.3 Å². The van der Waals surface area contributed by atoms with Crippen LogP contribution >= 0.6 is 11.6 Å². The zero-order valence-corrected chi connectivity index (χ0v) is 13.2. The molecule has 2 fully saturated rings. The summed E-state index contributed by atoms with van der Waals surface area (Å²) in [4.78, 5) is 0. The SMILES string of the molecule is CC(C)C12CCC(C)(O1)C(OCc1ccc(Cl)cc1)C2. The van der Waals surface area contributed by atoms with Gasteiger partial charge < -0.3 is 9.47 Å². The van der Waals surface area contributed by atoms with Gasteiger partial charge in [-0.25, -0.2) is 0 Å². The van der Waals surface area contributed by atoms with Crippen molar-refractivity contribution in [1.82, 2.24) is 0 Å². The molecule has 3 rings (SSSR count). The molecule has 0 aliphatic carbocycles. The van der Waals surface area contributed by atoms with Gasteiger partial charge in [-0.2, -0.15) is 0 Å². The summed E-state index contributed by atoms with van der Waals surface area (Å²) in [5.74, 6) is 0.549. The Morgan fingerprint density at radius 3 is 2.60 bits per heavy atom. The second-order valence-electron chi connectivity index (χ2n) is 6.76. The predicted molar refractivity (Wildman–Crippen MR) is 80.9 cm³/mol. The second kappa shape index (κ2) is 5.01. The molecular weight excluding hydrogens is 272 g/mol. The van der Waals surface area contributed by atoms with Gasteiger partial charge in [-0.05, 0) is 43.4 Å². The highest BCUT2D eigenvalue weighted by atomic mass is 35.5.